The van der Waals surface area contributed by atoms with Gasteiger partial charge in [-0.05, 0) is 30.7 Å². The molecule has 2 aromatic rings. The van der Waals surface area contributed by atoms with E-state index in [2.05, 4.69) is 10.3 Å². The zero-order chi connectivity index (χ0) is 13.1. The number of nitrogens with two attached hydrogens (primary N) is 1. The lowest BCUT2D eigenvalue weighted by Gasteiger charge is -2.11. The highest BCUT2D eigenvalue weighted by molar-refractivity contribution is 5.63. The highest BCUT2D eigenvalue weighted by Crippen LogP contribution is 2.25. The average molecular weight is 247 g/mol. The number of nitrogen functional groups attached to an aromatic ring is 1. The summed E-state index contributed by atoms with van der Waals surface area (Å²) in [5.74, 6) is 0.775. The summed E-state index contributed by atoms with van der Waals surface area (Å²) < 4.78 is 18.7. The first kappa shape index (κ1) is 12.2. The minimum absolute atomic E-state index is 0.315. The van der Waals surface area contributed by atoms with Gasteiger partial charge in [-0.25, -0.2) is 9.37 Å². The van der Waals surface area contributed by atoms with E-state index in [1.165, 1.54) is 19.4 Å². The van der Waals surface area contributed by atoms with Gasteiger partial charge in [-0.3, -0.25) is 0 Å². The van der Waals surface area contributed by atoms with Gasteiger partial charge in [-0.15, -0.1) is 0 Å². The maximum atomic E-state index is 13.6. The van der Waals surface area contributed by atoms with E-state index >= 15 is 0 Å². The van der Waals surface area contributed by atoms with E-state index in [-0.39, 0.29) is 5.82 Å². The Kier molecular flexibility index (Phi) is 3.32. The lowest BCUT2D eigenvalue weighted by atomic mass is 10.2. The molecule has 0 atom stereocenters. The molecule has 0 spiro atoms. The number of anilines is 3. The second-order valence-corrected chi connectivity index (χ2v) is 3.90. The number of rotatable bonds is 3. The Bertz CT molecular complexity index is 572. The van der Waals surface area contributed by atoms with Crippen LogP contribution in [0.4, 0.5) is 21.6 Å². The fourth-order valence-corrected chi connectivity index (χ4v) is 1.58. The molecule has 1 heterocycles. The minimum Gasteiger partial charge on any atom is -0.497 e. The monoisotopic (exact) mass is 247 g/mol. The minimum atomic E-state index is -0.367. The summed E-state index contributed by atoms with van der Waals surface area (Å²) in [5.41, 5.74) is 7.34. The average Bonchev–Trinajstić information content (AvgIpc) is 2.35. The van der Waals surface area contributed by atoms with Gasteiger partial charge in [-0.2, -0.15) is 0 Å². The summed E-state index contributed by atoms with van der Waals surface area (Å²) in [5, 5.41) is 2.92. The van der Waals surface area contributed by atoms with Crippen LogP contribution in [0.3, 0.4) is 0 Å². The van der Waals surface area contributed by atoms with Crippen LogP contribution in [-0.4, -0.2) is 12.1 Å². The second-order valence-electron chi connectivity index (χ2n) is 3.90. The summed E-state index contributed by atoms with van der Waals surface area (Å²) in [6.07, 6.45) is 1.52. The SMILES string of the molecule is COc1ccc(F)c(Nc2ncc(N)cc2C)c1. The first-order chi connectivity index (χ1) is 8.60. The van der Waals surface area contributed by atoms with E-state index in [1.807, 2.05) is 6.92 Å². The van der Waals surface area contributed by atoms with Gasteiger partial charge >= 0.3 is 0 Å². The van der Waals surface area contributed by atoms with Gasteiger partial charge in [0.05, 0.1) is 24.7 Å². The number of methoxy groups -OCH3 is 1. The smallest absolute Gasteiger partial charge is 0.146 e. The maximum absolute atomic E-state index is 13.6. The molecular formula is C13H14FN3O. The van der Waals surface area contributed by atoms with Crippen LogP contribution in [-0.2, 0) is 0 Å². The van der Waals surface area contributed by atoms with Gasteiger partial charge in [0.15, 0.2) is 0 Å². The maximum Gasteiger partial charge on any atom is 0.146 e. The van der Waals surface area contributed by atoms with Gasteiger partial charge < -0.3 is 15.8 Å². The third kappa shape index (κ3) is 2.51. The number of aromatic nitrogens is 1. The van der Waals surface area contributed by atoms with Crippen molar-refractivity contribution in [1.82, 2.24) is 4.98 Å². The van der Waals surface area contributed by atoms with Gasteiger partial charge in [0.2, 0.25) is 0 Å². The fraction of sp³-hybridized carbons (Fsp3) is 0.154. The van der Waals surface area contributed by atoms with Gasteiger partial charge in [0.1, 0.15) is 17.4 Å². The number of nitrogens with one attached hydrogen (secondary N) is 1. The molecule has 2 rings (SSSR count). The van der Waals surface area contributed by atoms with E-state index in [0.717, 1.165) is 5.56 Å². The molecule has 1 aromatic carbocycles. The van der Waals surface area contributed by atoms with E-state index < -0.39 is 0 Å². The number of halogens is 1. The van der Waals surface area contributed by atoms with Crippen molar-refractivity contribution in [1.29, 1.82) is 0 Å². The predicted octanol–water partition coefficient (Wildman–Crippen LogP) is 2.86. The normalized spacial score (nSPS) is 10.2. The van der Waals surface area contributed by atoms with E-state index in [0.29, 0.717) is 22.9 Å². The van der Waals surface area contributed by atoms with Crippen LogP contribution in [0.2, 0.25) is 0 Å². The zero-order valence-corrected chi connectivity index (χ0v) is 10.2. The second kappa shape index (κ2) is 4.91. The molecule has 0 saturated carbocycles. The zero-order valence-electron chi connectivity index (χ0n) is 10.2. The van der Waals surface area contributed by atoms with Crippen LogP contribution in [0.5, 0.6) is 5.75 Å². The van der Waals surface area contributed by atoms with E-state index in [4.69, 9.17) is 10.5 Å². The fourth-order valence-electron chi connectivity index (χ4n) is 1.58. The van der Waals surface area contributed by atoms with Crippen molar-refractivity contribution in [3.8, 4) is 5.75 Å². The van der Waals surface area contributed by atoms with Crippen molar-refractivity contribution in [3.63, 3.8) is 0 Å². The first-order valence-electron chi connectivity index (χ1n) is 5.43. The Morgan fingerprint density at radius 1 is 1.33 bits per heavy atom. The van der Waals surface area contributed by atoms with Crippen LogP contribution >= 0.6 is 0 Å². The van der Waals surface area contributed by atoms with Crippen molar-refractivity contribution in [2.45, 2.75) is 6.92 Å². The van der Waals surface area contributed by atoms with E-state index in [9.17, 15) is 4.39 Å². The molecule has 94 valence electrons. The Morgan fingerprint density at radius 3 is 2.78 bits per heavy atom. The topological polar surface area (TPSA) is 60.2 Å². The van der Waals surface area contributed by atoms with Gasteiger partial charge in [-0.1, -0.05) is 0 Å². The molecule has 18 heavy (non-hydrogen) atoms. The molecule has 0 unspecified atom stereocenters. The number of ether oxygens (including phenoxy) is 1. The van der Waals surface area contributed by atoms with Crippen molar-refractivity contribution >= 4 is 17.2 Å². The molecule has 5 heteroatoms. The summed E-state index contributed by atoms with van der Waals surface area (Å²) in [6, 6.07) is 6.25. The number of hydrogen-bond acceptors (Lipinski definition) is 4. The third-order valence-electron chi connectivity index (χ3n) is 2.53. The van der Waals surface area contributed by atoms with Crippen molar-refractivity contribution < 1.29 is 9.13 Å². The van der Waals surface area contributed by atoms with Crippen molar-refractivity contribution in [3.05, 3.63) is 41.8 Å². The quantitative estimate of drug-likeness (QED) is 0.875. The molecule has 0 radical (unpaired) electrons. The number of benzene rings is 1. The van der Waals surface area contributed by atoms with E-state index in [1.54, 1.807) is 18.2 Å². The lowest BCUT2D eigenvalue weighted by Crippen LogP contribution is -2.00. The molecule has 0 fully saturated rings. The van der Waals surface area contributed by atoms with Gasteiger partial charge in [0, 0.05) is 6.07 Å². The summed E-state index contributed by atoms with van der Waals surface area (Å²) >= 11 is 0. The van der Waals surface area contributed by atoms with Crippen molar-refractivity contribution in [2.75, 3.05) is 18.2 Å². The van der Waals surface area contributed by atoms with Crippen LogP contribution in [0, 0.1) is 12.7 Å². The molecule has 0 aliphatic carbocycles. The molecule has 0 amide bonds. The summed E-state index contributed by atoms with van der Waals surface area (Å²) in [6.45, 7) is 1.85. The van der Waals surface area contributed by atoms with Crippen LogP contribution in [0.25, 0.3) is 0 Å². The molecule has 1 aromatic heterocycles. The van der Waals surface area contributed by atoms with Crippen LogP contribution < -0.4 is 15.8 Å². The Balaban J connectivity index is 2.33. The summed E-state index contributed by atoms with van der Waals surface area (Å²) in [7, 11) is 1.53. The highest BCUT2D eigenvalue weighted by Gasteiger charge is 2.07. The predicted molar refractivity (Wildman–Crippen MR) is 69.6 cm³/mol. The van der Waals surface area contributed by atoms with Crippen LogP contribution in [0.15, 0.2) is 30.5 Å². The number of aryl methyl sites for hydroxylation is 1. The number of hydrogen-bond donors (Lipinski definition) is 2. The molecular weight excluding hydrogens is 233 g/mol. The summed E-state index contributed by atoms with van der Waals surface area (Å²) in [4.78, 5) is 4.13. The largest absolute Gasteiger partial charge is 0.497 e. The molecule has 4 nitrogen and oxygen atoms in total. The molecule has 0 aliphatic rings. The Hall–Kier alpha value is -2.30. The molecule has 0 bridgehead atoms. The molecule has 0 aliphatic heterocycles. The highest BCUT2D eigenvalue weighted by atomic mass is 19.1. The lowest BCUT2D eigenvalue weighted by molar-refractivity contribution is 0.414. The first-order valence-corrected chi connectivity index (χ1v) is 5.43. The third-order valence-corrected chi connectivity index (χ3v) is 2.53. The Labute approximate surface area is 105 Å². The van der Waals surface area contributed by atoms with Crippen molar-refractivity contribution in [2.24, 2.45) is 0 Å². The number of pyridine rings is 1. The Morgan fingerprint density at radius 2 is 2.11 bits per heavy atom. The molecule has 3 N–H and O–H groups in total. The number of nitrogens with zero attached hydrogens (tertiary/aromatic N) is 1. The van der Waals surface area contributed by atoms with Gasteiger partial charge in [0.25, 0.3) is 0 Å². The van der Waals surface area contributed by atoms with Crippen LogP contribution in [0.1, 0.15) is 5.56 Å². The standard InChI is InChI=1S/C13H14FN3O/c1-8-5-9(15)7-16-13(8)17-12-6-10(18-2)3-4-11(12)14/h3-7H,15H2,1-2H3,(H,16,17). The molecule has 0 saturated heterocycles.